The number of aryl methyl sites for hydroxylation is 1. The topological polar surface area (TPSA) is 80.6 Å². The Balaban J connectivity index is 1.73. The second-order valence-corrected chi connectivity index (χ2v) is 7.28. The first-order valence-corrected chi connectivity index (χ1v) is 9.35. The zero-order valence-corrected chi connectivity index (χ0v) is 15.4. The van der Waals surface area contributed by atoms with E-state index in [-0.39, 0.29) is 6.04 Å². The Morgan fingerprint density at radius 1 is 1.36 bits per heavy atom. The molecule has 2 aliphatic carbocycles. The van der Waals surface area contributed by atoms with Gasteiger partial charge < -0.3 is 11.1 Å². The Labute approximate surface area is 150 Å². The number of nitrogens with one attached hydrogen (secondary N) is 1. The molecule has 3 N–H and O–H groups in total. The minimum Gasteiger partial charge on any atom is -0.328 e. The molecule has 1 aromatic heterocycles. The number of nitrogens with two attached hydrogens (primary N) is 1. The molecular weight excluding hydrogens is 312 g/mol. The summed E-state index contributed by atoms with van der Waals surface area (Å²) in [7, 11) is 2.01. The fraction of sp³-hybridized carbons (Fsp3) is 0.632. The molecule has 0 aromatic carbocycles. The third kappa shape index (κ3) is 4.57. The first kappa shape index (κ1) is 17.9. The van der Waals surface area contributed by atoms with E-state index in [1.54, 1.807) is 0 Å². The molecule has 1 heterocycles. The van der Waals surface area contributed by atoms with Gasteiger partial charge in [0.2, 0.25) is 5.96 Å². The van der Waals surface area contributed by atoms with Gasteiger partial charge in [-0.25, -0.2) is 9.98 Å². The van der Waals surface area contributed by atoms with Gasteiger partial charge in [-0.3, -0.25) is 4.68 Å². The molecule has 0 amide bonds. The second kappa shape index (κ2) is 7.95. The summed E-state index contributed by atoms with van der Waals surface area (Å²) in [6.45, 7) is 5.72. The number of allylic oxidation sites excluding steroid dienone is 1. The number of nitrogens with zero attached hydrogens (tertiary/aromatic N) is 4. The van der Waals surface area contributed by atoms with E-state index in [1.807, 2.05) is 24.9 Å². The lowest BCUT2D eigenvalue weighted by Crippen LogP contribution is -2.30. The van der Waals surface area contributed by atoms with Gasteiger partial charge in [0.25, 0.3) is 0 Å². The summed E-state index contributed by atoms with van der Waals surface area (Å²) in [5.74, 6) is 1.40. The zero-order chi connectivity index (χ0) is 17.8. The first-order chi connectivity index (χ1) is 12.1. The molecule has 0 aliphatic heterocycles. The summed E-state index contributed by atoms with van der Waals surface area (Å²) in [4.78, 5) is 8.88. The predicted octanol–water partition coefficient (Wildman–Crippen LogP) is 2.65. The number of aliphatic imine (C=N–C) groups is 2. The van der Waals surface area contributed by atoms with Crippen LogP contribution in [0.5, 0.6) is 0 Å². The van der Waals surface area contributed by atoms with Gasteiger partial charge in [0.05, 0.1) is 12.2 Å². The van der Waals surface area contributed by atoms with Gasteiger partial charge in [-0.1, -0.05) is 6.08 Å². The van der Waals surface area contributed by atoms with Crippen LogP contribution in [0.1, 0.15) is 56.7 Å². The van der Waals surface area contributed by atoms with E-state index in [4.69, 9.17) is 10.7 Å². The van der Waals surface area contributed by atoms with Crippen molar-refractivity contribution in [3.8, 4) is 0 Å². The Morgan fingerprint density at radius 3 is 2.68 bits per heavy atom. The van der Waals surface area contributed by atoms with Crippen LogP contribution in [0.2, 0.25) is 0 Å². The molecule has 6 heteroatoms. The lowest BCUT2D eigenvalue weighted by atomic mass is 9.92. The molecule has 2 aliphatic rings. The number of rotatable bonds is 5. The highest BCUT2D eigenvalue weighted by molar-refractivity contribution is 5.92. The second-order valence-electron chi connectivity index (χ2n) is 7.28. The number of aromatic nitrogens is 2. The van der Waals surface area contributed by atoms with E-state index in [0.717, 1.165) is 49.3 Å². The van der Waals surface area contributed by atoms with E-state index >= 15 is 0 Å². The van der Waals surface area contributed by atoms with Gasteiger partial charge in [0.15, 0.2) is 0 Å². The van der Waals surface area contributed by atoms with E-state index in [0.29, 0.717) is 12.0 Å². The quantitative estimate of drug-likeness (QED) is 0.637. The molecule has 0 saturated heterocycles. The van der Waals surface area contributed by atoms with Crippen molar-refractivity contribution >= 4 is 18.4 Å². The van der Waals surface area contributed by atoms with Crippen LogP contribution in [0.4, 0.5) is 0 Å². The standard InChI is InChI=1S/C19H30N6/c1-4-17(16-12-22-25(3)18(16)11-13-5-6-13)24-19(21-2)23-15-9-7-14(20)8-10-15/h4,12-15H,2,5-11,20H2,1,3H3,(H,23,24)/b17-4-. The van der Waals surface area contributed by atoms with Gasteiger partial charge in [-0.05, 0) is 64.5 Å². The molecule has 2 saturated carbocycles. The van der Waals surface area contributed by atoms with Crippen LogP contribution >= 0.6 is 0 Å². The van der Waals surface area contributed by atoms with Crippen LogP contribution in [0.15, 0.2) is 22.3 Å². The Morgan fingerprint density at radius 2 is 2.08 bits per heavy atom. The van der Waals surface area contributed by atoms with E-state index in [1.165, 1.54) is 18.5 Å². The smallest absolute Gasteiger partial charge is 0.222 e. The van der Waals surface area contributed by atoms with Crippen molar-refractivity contribution in [3.05, 3.63) is 23.5 Å². The first-order valence-electron chi connectivity index (χ1n) is 9.35. The molecule has 6 nitrogen and oxygen atoms in total. The average molecular weight is 342 g/mol. The van der Waals surface area contributed by atoms with Gasteiger partial charge in [0.1, 0.15) is 0 Å². The van der Waals surface area contributed by atoms with Crippen LogP contribution in [0.3, 0.4) is 0 Å². The van der Waals surface area contributed by atoms with Gasteiger partial charge >= 0.3 is 0 Å². The van der Waals surface area contributed by atoms with Crippen molar-refractivity contribution in [2.75, 3.05) is 0 Å². The number of guanidine groups is 1. The summed E-state index contributed by atoms with van der Waals surface area (Å²) in [5, 5.41) is 7.83. The maximum atomic E-state index is 5.98. The minimum atomic E-state index is 0.283. The van der Waals surface area contributed by atoms with Crippen molar-refractivity contribution in [2.24, 2.45) is 28.7 Å². The van der Waals surface area contributed by atoms with Gasteiger partial charge in [0, 0.05) is 30.0 Å². The van der Waals surface area contributed by atoms with Crippen LogP contribution < -0.4 is 11.1 Å². The van der Waals surface area contributed by atoms with Crippen LogP contribution in [0.25, 0.3) is 5.70 Å². The average Bonchev–Trinajstić information content (AvgIpc) is 3.37. The molecule has 0 unspecified atom stereocenters. The van der Waals surface area contributed by atoms with Crippen molar-refractivity contribution in [3.63, 3.8) is 0 Å². The Bertz CT molecular complexity index is 659. The highest BCUT2D eigenvalue weighted by atomic mass is 15.3. The third-order valence-corrected chi connectivity index (χ3v) is 5.26. The summed E-state index contributed by atoms with van der Waals surface area (Å²) >= 11 is 0. The minimum absolute atomic E-state index is 0.283. The highest BCUT2D eigenvalue weighted by Crippen LogP contribution is 2.34. The third-order valence-electron chi connectivity index (χ3n) is 5.26. The van der Waals surface area contributed by atoms with E-state index < -0.39 is 0 Å². The summed E-state index contributed by atoms with van der Waals surface area (Å²) < 4.78 is 1.99. The lowest BCUT2D eigenvalue weighted by molar-refractivity contribution is 0.396. The van der Waals surface area contributed by atoms with Crippen LogP contribution in [-0.2, 0) is 13.5 Å². The molecule has 0 atom stereocenters. The lowest BCUT2D eigenvalue weighted by Gasteiger charge is -2.23. The zero-order valence-electron chi connectivity index (χ0n) is 15.4. The predicted molar refractivity (Wildman–Crippen MR) is 104 cm³/mol. The summed E-state index contributed by atoms with van der Waals surface area (Å²) in [5.41, 5.74) is 9.40. The molecule has 0 bridgehead atoms. The normalized spacial score (nSPS) is 25.1. The Kier molecular flexibility index (Phi) is 5.68. The van der Waals surface area contributed by atoms with Gasteiger partial charge in [-0.2, -0.15) is 5.10 Å². The largest absolute Gasteiger partial charge is 0.328 e. The highest BCUT2D eigenvalue weighted by Gasteiger charge is 2.25. The molecule has 2 fully saturated rings. The molecule has 1 aromatic rings. The summed E-state index contributed by atoms with van der Waals surface area (Å²) in [6.07, 6.45) is 11.8. The van der Waals surface area contributed by atoms with Crippen molar-refractivity contribution in [1.29, 1.82) is 0 Å². The van der Waals surface area contributed by atoms with Crippen LogP contribution in [0, 0.1) is 5.92 Å². The summed E-state index contributed by atoms with van der Waals surface area (Å²) in [6, 6.07) is 0.608. The molecule has 0 spiro atoms. The maximum Gasteiger partial charge on any atom is 0.222 e. The fourth-order valence-corrected chi connectivity index (χ4v) is 3.46. The molecular formula is C19H30N6. The van der Waals surface area contributed by atoms with Gasteiger partial charge in [-0.15, -0.1) is 0 Å². The van der Waals surface area contributed by atoms with E-state index in [9.17, 15) is 0 Å². The van der Waals surface area contributed by atoms with Crippen molar-refractivity contribution in [2.45, 2.75) is 64.0 Å². The van der Waals surface area contributed by atoms with Crippen molar-refractivity contribution < 1.29 is 0 Å². The number of hydrogen-bond donors (Lipinski definition) is 2. The van der Waals surface area contributed by atoms with E-state index in [2.05, 4.69) is 28.2 Å². The Hall–Kier alpha value is -1.95. The number of hydrogen-bond acceptors (Lipinski definition) is 3. The maximum absolute atomic E-state index is 5.98. The van der Waals surface area contributed by atoms with Crippen LogP contribution in [-0.4, -0.2) is 34.5 Å². The molecule has 136 valence electrons. The monoisotopic (exact) mass is 342 g/mol. The SMILES string of the molecule is C=NC(=NC1CCC(N)CC1)N/C(=C\C)c1cnn(C)c1CC1CC1. The molecule has 25 heavy (non-hydrogen) atoms. The molecule has 0 radical (unpaired) electrons. The van der Waals surface area contributed by atoms with Crippen molar-refractivity contribution in [1.82, 2.24) is 15.1 Å². The molecule has 3 rings (SSSR count). The fourth-order valence-electron chi connectivity index (χ4n) is 3.46.